The summed E-state index contributed by atoms with van der Waals surface area (Å²) >= 11 is 0. The summed E-state index contributed by atoms with van der Waals surface area (Å²) in [4.78, 5) is 0. The van der Waals surface area contributed by atoms with Crippen LogP contribution in [0.4, 0.5) is 0 Å². The van der Waals surface area contributed by atoms with Crippen molar-refractivity contribution in [1.29, 1.82) is 0 Å². The van der Waals surface area contributed by atoms with Gasteiger partial charge in [-0.2, -0.15) is 0 Å². The normalized spacial score (nSPS) is 21.7. The lowest BCUT2D eigenvalue weighted by molar-refractivity contribution is 0.359. The van der Waals surface area contributed by atoms with Crippen LogP contribution in [0, 0.1) is 0 Å². The maximum absolute atomic E-state index is 5.68. The molecule has 0 aliphatic carbocycles. The molecule has 2 nitrogen and oxygen atoms in total. The molecule has 0 bridgehead atoms. The van der Waals surface area contributed by atoms with Gasteiger partial charge in [0.15, 0.2) is 0 Å². The van der Waals surface area contributed by atoms with E-state index in [-0.39, 0.29) is 0 Å². The molecule has 1 heterocycles. The molecule has 0 aromatic rings. The molecule has 2 N–H and O–H groups in total. The standard InChI is InChI=1S/C18H35NO/c1-2-3-11-14-17-18(20-17)15-12-9-7-5-4-6-8-10-13-16-19/h9,12,17-18H,2-8,10-11,13-16,19H2,1H3/b12-9-. The minimum atomic E-state index is 0.541. The van der Waals surface area contributed by atoms with Gasteiger partial charge in [-0.05, 0) is 38.6 Å². The first-order chi connectivity index (χ1) is 9.88. The van der Waals surface area contributed by atoms with Gasteiger partial charge in [-0.15, -0.1) is 0 Å². The Morgan fingerprint density at radius 2 is 1.60 bits per heavy atom. The van der Waals surface area contributed by atoms with Crippen molar-refractivity contribution in [2.75, 3.05) is 6.54 Å². The molecule has 1 fully saturated rings. The van der Waals surface area contributed by atoms with Gasteiger partial charge in [0.2, 0.25) is 0 Å². The molecule has 1 aliphatic rings. The van der Waals surface area contributed by atoms with Gasteiger partial charge in [0.05, 0.1) is 12.2 Å². The summed E-state index contributed by atoms with van der Waals surface area (Å²) < 4.78 is 5.68. The topological polar surface area (TPSA) is 38.5 Å². The fourth-order valence-electron chi connectivity index (χ4n) is 2.70. The van der Waals surface area contributed by atoms with E-state index in [1.165, 1.54) is 70.6 Å². The van der Waals surface area contributed by atoms with Crippen LogP contribution in [0.3, 0.4) is 0 Å². The third-order valence-electron chi connectivity index (χ3n) is 4.14. The Bertz CT molecular complexity index is 240. The van der Waals surface area contributed by atoms with Crippen molar-refractivity contribution in [1.82, 2.24) is 0 Å². The molecule has 2 atom stereocenters. The average Bonchev–Trinajstić information content (AvgIpc) is 3.20. The van der Waals surface area contributed by atoms with Gasteiger partial charge in [-0.3, -0.25) is 0 Å². The third kappa shape index (κ3) is 9.55. The summed E-state index contributed by atoms with van der Waals surface area (Å²) in [5, 5.41) is 0. The molecule has 0 aromatic carbocycles. The van der Waals surface area contributed by atoms with Crippen LogP contribution in [0.5, 0.6) is 0 Å². The summed E-state index contributed by atoms with van der Waals surface area (Å²) in [7, 11) is 0. The van der Waals surface area contributed by atoms with Gasteiger partial charge in [-0.1, -0.05) is 64.0 Å². The van der Waals surface area contributed by atoms with E-state index in [4.69, 9.17) is 10.5 Å². The van der Waals surface area contributed by atoms with Gasteiger partial charge in [0, 0.05) is 0 Å². The molecule has 20 heavy (non-hydrogen) atoms. The Morgan fingerprint density at radius 1 is 0.850 bits per heavy atom. The molecular weight excluding hydrogens is 246 g/mol. The predicted octanol–water partition coefficient (Wildman–Crippen LogP) is 4.97. The summed E-state index contributed by atoms with van der Waals surface area (Å²) in [6, 6.07) is 0. The minimum Gasteiger partial charge on any atom is -0.369 e. The molecule has 1 saturated heterocycles. The molecule has 0 aromatic heterocycles. The van der Waals surface area contributed by atoms with Crippen molar-refractivity contribution in [3.8, 4) is 0 Å². The SMILES string of the molecule is CCCCCC1OC1C/C=C\CCCCCCCCN. The summed E-state index contributed by atoms with van der Waals surface area (Å²) in [6.07, 6.45) is 21.4. The molecule has 0 spiro atoms. The van der Waals surface area contributed by atoms with Gasteiger partial charge >= 0.3 is 0 Å². The van der Waals surface area contributed by atoms with Crippen molar-refractivity contribution in [3.63, 3.8) is 0 Å². The van der Waals surface area contributed by atoms with E-state index in [2.05, 4.69) is 19.1 Å². The van der Waals surface area contributed by atoms with E-state index in [1.54, 1.807) is 0 Å². The maximum atomic E-state index is 5.68. The number of rotatable bonds is 14. The fraction of sp³-hybridized carbons (Fsp3) is 0.889. The van der Waals surface area contributed by atoms with Crippen LogP contribution in [0.2, 0.25) is 0 Å². The molecule has 0 radical (unpaired) electrons. The van der Waals surface area contributed by atoms with Crippen LogP contribution in [-0.2, 0) is 4.74 Å². The Balaban J connectivity index is 1.79. The lowest BCUT2D eigenvalue weighted by atomic mass is 10.1. The highest BCUT2D eigenvalue weighted by molar-refractivity contribution is 4.93. The second-order valence-corrected chi connectivity index (χ2v) is 6.11. The molecule has 0 amide bonds. The van der Waals surface area contributed by atoms with Crippen LogP contribution < -0.4 is 5.73 Å². The first-order valence-corrected chi connectivity index (χ1v) is 8.89. The van der Waals surface area contributed by atoms with Crippen molar-refractivity contribution >= 4 is 0 Å². The minimum absolute atomic E-state index is 0.541. The summed E-state index contributed by atoms with van der Waals surface area (Å²) in [6.45, 7) is 3.11. The van der Waals surface area contributed by atoms with Gasteiger partial charge < -0.3 is 10.5 Å². The number of nitrogens with two attached hydrogens (primary N) is 1. The Labute approximate surface area is 126 Å². The largest absolute Gasteiger partial charge is 0.369 e. The fourth-order valence-corrected chi connectivity index (χ4v) is 2.70. The van der Waals surface area contributed by atoms with E-state index >= 15 is 0 Å². The highest BCUT2D eigenvalue weighted by Gasteiger charge is 2.36. The van der Waals surface area contributed by atoms with Crippen LogP contribution in [0.25, 0.3) is 0 Å². The summed E-state index contributed by atoms with van der Waals surface area (Å²) in [5.74, 6) is 0. The molecule has 2 heteroatoms. The third-order valence-corrected chi connectivity index (χ3v) is 4.14. The highest BCUT2D eigenvalue weighted by atomic mass is 16.6. The zero-order valence-electron chi connectivity index (χ0n) is 13.5. The first-order valence-electron chi connectivity index (χ1n) is 8.89. The average molecular weight is 281 g/mol. The zero-order chi connectivity index (χ0) is 14.5. The number of hydrogen-bond acceptors (Lipinski definition) is 2. The Hall–Kier alpha value is -0.340. The summed E-state index contributed by atoms with van der Waals surface area (Å²) in [5.41, 5.74) is 5.48. The second-order valence-electron chi connectivity index (χ2n) is 6.11. The number of ether oxygens (including phenoxy) is 1. The molecule has 1 rings (SSSR count). The van der Waals surface area contributed by atoms with Crippen LogP contribution in [0.15, 0.2) is 12.2 Å². The smallest absolute Gasteiger partial charge is 0.0876 e. The molecule has 2 unspecified atom stereocenters. The van der Waals surface area contributed by atoms with Gasteiger partial charge in [0.1, 0.15) is 0 Å². The van der Waals surface area contributed by atoms with Crippen LogP contribution >= 0.6 is 0 Å². The molecule has 1 aliphatic heterocycles. The van der Waals surface area contributed by atoms with Crippen molar-refractivity contribution in [2.45, 2.75) is 96.2 Å². The van der Waals surface area contributed by atoms with Crippen molar-refractivity contribution in [2.24, 2.45) is 5.73 Å². The van der Waals surface area contributed by atoms with Crippen LogP contribution in [0.1, 0.15) is 84.0 Å². The number of allylic oxidation sites excluding steroid dienone is 1. The second kappa shape index (κ2) is 12.4. The number of unbranched alkanes of at least 4 members (excludes halogenated alkanes) is 8. The quantitative estimate of drug-likeness (QED) is 0.277. The zero-order valence-corrected chi connectivity index (χ0v) is 13.5. The molecule has 0 saturated carbocycles. The molecular formula is C18H35NO. The number of epoxide rings is 1. The van der Waals surface area contributed by atoms with E-state index in [0.29, 0.717) is 12.2 Å². The molecule has 118 valence electrons. The number of hydrogen-bond donors (Lipinski definition) is 1. The van der Waals surface area contributed by atoms with E-state index in [0.717, 1.165) is 13.0 Å². The van der Waals surface area contributed by atoms with Gasteiger partial charge in [-0.25, -0.2) is 0 Å². The Kier molecular flexibility index (Phi) is 11.0. The van der Waals surface area contributed by atoms with Crippen LogP contribution in [-0.4, -0.2) is 18.8 Å². The Morgan fingerprint density at radius 3 is 2.35 bits per heavy atom. The monoisotopic (exact) mass is 281 g/mol. The van der Waals surface area contributed by atoms with Gasteiger partial charge in [0.25, 0.3) is 0 Å². The van der Waals surface area contributed by atoms with Crippen molar-refractivity contribution in [3.05, 3.63) is 12.2 Å². The maximum Gasteiger partial charge on any atom is 0.0876 e. The predicted molar refractivity (Wildman–Crippen MR) is 87.9 cm³/mol. The first kappa shape index (κ1) is 17.7. The van der Waals surface area contributed by atoms with Crippen molar-refractivity contribution < 1.29 is 4.74 Å². The van der Waals surface area contributed by atoms with E-state index in [1.807, 2.05) is 0 Å². The lowest BCUT2D eigenvalue weighted by Crippen LogP contribution is -1.97. The lowest BCUT2D eigenvalue weighted by Gasteiger charge is -1.98. The highest BCUT2D eigenvalue weighted by Crippen LogP contribution is 2.30. The van der Waals surface area contributed by atoms with E-state index in [9.17, 15) is 0 Å². The van der Waals surface area contributed by atoms with E-state index < -0.39 is 0 Å².